The van der Waals surface area contributed by atoms with Gasteiger partial charge in [-0.15, -0.1) is 0 Å². The van der Waals surface area contributed by atoms with Gasteiger partial charge in [-0.1, -0.05) is 6.07 Å². The molecule has 78 valence electrons. The van der Waals surface area contributed by atoms with E-state index >= 15 is 0 Å². The van der Waals surface area contributed by atoms with E-state index in [0.717, 1.165) is 18.2 Å². The van der Waals surface area contributed by atoms with Crippen LogP contribution in [0, 0.1) is 15.9 Å². The highest BCUT2D eigenvalue weighted by Gasteiger charge is 2.17. The van der Waals surface area contributed by atoms with Crippen molar-refractivity contribution >= 4 is 17.7 Å². The predicted molar refractivity (Wildman–Crippen MR) is 51.3 cm³/mol. The first-order valence-electron chi connectivity index (χ1n) is 3.93. The Morgan fingerprint density at radius 2 is 2.20 bits per heavy atom. The first kappa shape index (κ1) is 10.8. The average Bonchev–Trinajstić information content (AvgIpc) is 2.13. The van der Waals surface area contributed by atoms with Crippen LogP contribution in [0.4, 0.5) is 10.1 Å². The van der Waals surface area contributed by atoms with Crippen molar-refractivity contribution in [3.05, 3.63) is 45.8 Å². The molecule has 0 aromatic heterocycles. The van der Waals surface area contributed by atoms with Crippen LogP contribution in [0.5, 0.6) is 0 Å². The predicted octanol–water partition coefficient (Wildman–Crippen LogP) is 1.23. The van der Waals surface area contributed by atoms with Crippen molar-refractivity contribution in [1.29, 1.82) is 0 Å². The van der Waals surface area contributed by atoms with E-state index in [2.05, 4.69) is 0 Å². The second-order valence-corrected chi connectivity index (χ2v) is 2.67. The van der Waals surface area contributed by atoms with Crippen molar-refractivity contribution in [2.75, 3.05) is 0 Å². The lowest BCUT2D eigenvalue weighted by Crippen LogP contribution is -2.05. The van der Waals surface area contributed by atoms with Crippen molar-refractivity contribution in [3.8, 4) is 0 Å². The standard InChI is InChI=1S/C9H7FN2O3/c10-7-3-1-2-6(4-5-8(11)13)9(7)12(14)15/h1-5H,(H2,11,13). The Balaban J connectivity index is 3.23. The van der Waals surface area contributed by atoms with Crippen LogP contribution in [0.2, 0.25) is 0 Å². The number of carbonyl (C=O) groups is 1. The third-order valence-corrected chi connectivity index (χ3v) is 1.63. The highest BCUT2D eigenvalue weighted by Crippen LogP contribution is 2.23. The molecule has 15 heavy (non-hydrogen) atoms. The molecule has 0 aliphatic rings. The number of carbonyl (C=O) groups excluding carboxylic acids is 1. The van der Waals surface area contributed by atoms with Gasteiger partial charge in [0.15, 0.2) is 0 Å². The monoisotopic (exact) mass is 210 g/mol. The molecule has 0 aliphatic carbocycles. The summed E-state index contributed by atoms with van der Waals surface area (Å²) < 4.78 is 13.0. The normalized spacial score (nSPS) is 10.5. The second kappa shape index (κ2) is 4.32. The number of amides is 1. The summed E-state index contributed by atoms with van der Waals surface area (Å²) >= 11 is 0. The van der Waals surface area contributed by atoms with Crippen LogP contribution in [0.25, 0.3) is 6.08 Å². The summed E-state index contributed by atoms with van der Waals surface area (Å²) in [7, 11) is 0. The van der Waals surface area contributed by atoms with E-state index < -0.39 is 22.3 Å². The van der Waals surface area contributed by atoms with E-state index in [1.54, 1.807) is 0 Å². The van der Waals surface area contributed by atoms with Crippen molar-refractivity contribution in [1.82, 2.24) is 0 Å². The summed E-state index contributed by atoms with van der Waals surface area (Å²) in [6, 6.07) is 3.60. The van der Waals surface area contributed by atoms with Gasteiger partial charge in [-0.05, 0) is 18.2 Å². The first-order chi connectivity index (χ1) is 7.02. The Morgan fingerprint density at radius 1 is 1.53 bits per heavy atom. The number of para-hydroxylation sites is 1. The molecular weight excluding hydrogens is 203 g/mol. The molecule has 5 nitrogen and oxygen atoms in total. The highest BCUT2D eigenvalue weighted by atomic mass is 19.1. The molecule has 1 aromatic carbocycles. The lowest BCUT2D eigenvalue weighted by Gasteiger charge is -1.97. The van der Waals surface area contributed by atoms with E-state index in [1.165, 1.54) is 12.1 Å². The van der Waals surface area contributed by atoms with E-state index in [0.29, 0.717) is 0 Å². The third kappa shape index (κ3) is 2.60. The number of hydrogen-bond acceptors (Lipinski definition) is 3. The molecule has 0 aliphatic heterocycles. The second-order valence-electron chi connectivity index (χ2n) is 2.67. The number of hydrogen-bond donors (Lipinski definition) is 1. The van der Waals surface area contributed by atoms with E-state index in [4.69, 9.17) is 5.73 Å². The lowest BCUT2D eigenvalue weighted by molar-refractivity contribution is -0.387. The van der Waals surface area contributed by atoms with Crippen molar-refractivity contribution < 1.29 is 14.1 Å². The van der Waals surface area contributed by atoms with Crippen LogP contribution in [-0.4, -0.2) is 10.8 Å². The molecule has 1 amide bonds. The molecule has 1 rings (SSSR count). The van der Waals surface area contributed by atoms with Gasteiger partial charge in [0.2, 0.25) is 11.7 Å². The minimum atomic E-state index is -0.952. The molecule has 0 fully saturated rings. The molecule has 0 saturated carbocycles. The van der Waals surface area contributed by atoms with E-state index in [-0.39, 0.29) is 5.56 Å². The van der Waals surface area contributed by atoms with Gasteiger partial charge >= 0.3 is 5.69 Å². The maximum absolute atomic E-state index is 13.0. The Hall–Kier alpha value is -2.24. The smallest absolute Gasteiger partial charge is 0.311 e. The van der Waals surface area contributed by atoms with Gasteiger partial charge < -0.3 is 5.73 Å². The fourth-order valence-corrected chi connectivity index (χ4v) is 1.03. The minimum absolute atomic E-state index is 0.00111. The third-order valence-electron chi connectivity index (χ3n) is 1.63. The summed E-state index contributed by atoms with van der Waals surface area (Å²) in [6.45, 7) is 0. The van der Waals surface area contributed by atoms with E-state index in [1.807, 2.05) is 0 Å². The van der Waals surface area contributed by atoms with Gasteiger partial charge in [0.1, 0.15) is 0 Å². The molecule has 1 aromatic rings. The molecule has 2 N–H and O–H groups in total. The molecular formula is C9H7FN2O3. The maximum atomic E-state index is 13.0. The van der Waals surface area contributed by atoms with Crippen molar-refractivity contribution in [3.63, 3.8) is 0 Å². The largest absolute Gasteiger partial charge is 0.366 e. The van der Waals surface area contributed by atoms with Crippen LogP contribution < -0.4 is 5.73 Å². The number of nitrogens with two attached hydrogens (primary N) is 1. The van der Waals surface area contributed by atoms with E-state index in [9.17, 15) is 19.3 Å². The number of benzene rings is 1. The Labute approximate surface area is 84.2 Å². The number of halogens is 1. The van der Waals surface area contributed by atoms with Crippen molar-refractivity contribution in [2.24, 2.45) is 5.73 Å². The molecule has 0 saturated heterocycles. The van der Waals surface area contributed by atoms with Crippen LogP contribution in [-0.2, 0) is 4.79 Å². The molecule has 0 atom stereocenters. The van der Waals surface area contributed by atoms with Gasteiger partial charge in [-0.25, -0.2) is 0 Å². The molecule has 6 heteroatoms. The topological polar surface area (TPSA) is 86.2 Å². The lowest BCUT2D eigenvalue weighted by atomic mass is 10.1. The maximum Gasteiger partial charge on any atom is 0.311 e. The SMILES string of the molecule is NC(=O)C=Cc1cccc(F)c1[N+](=O)[O-]. The molecule has 0 unspecified atom stereocenters. The quantitative estimate of drug-likeness (QED) is 0.462. The number of nitro groups is 1. The van der Waals surface area contributed by atoms with Gasteiger partial charge in [-0.2, -0.15) is 4.39 Å². The summed E-state index contributed by atoms with van der Waals surface area (Å²) in [5.41, 5.74) is 4.14. The summed E-state index contributed by atoms with van der Waals surface area (Å²) in [5.74, 6) is -1.71. The van der Waals surface area contributed by atoms with Gasteiger partial charge in [0.25, 0.3) is 0 Å². The van der Waals surface area contributed by atoms with Gasteiger partial charge in [-0.3, -0.25) is 14.9 Å². The van der Waals surface area contributed by atoms with Crippen LogP contribution >= 0.6 is 0 Å². The summed E-state index contributed by atoms with van der Waals surface area (Å²) in [6.07, 6.45) is 2.03. The number of rotatable bonds is 3. The summed E-state index contributed by atoms with van der Waals surface area (Å²) in [4.78, 5) is 20.1. The van der Waals surface area contributed by atoms with Crippen LogP contribution in [0.1, 0.15) is 5.56 Å². The first-order valence-corrected chi connectivity index (χ1v) is 3.93. The molecule has 0 radical (unpaired) electrons. The number of primary amides is 1. The number of nitrogens with zero attached hydrogens (tertiary/aromatic N) is 1. The van der Waals surface area contributed by atoms with Crippen LogP contribution in [0.3, 0.4) is 0 Å². The molecule has 0 heterocycles. The average molecular weight is 210 g/mol. The van der Waals surface area contributed by atoms with Gasteiger partial charge in [0, 0.05) is 6.08 Å². The summed E-state index contributed by atoms with van der Waals surface area (Å²) in [5, 5.41) is 10.5. The zero-order valence-electron chi connectivity index (χ0n) is 7.51. The van der Waals surface area contributed by atoms with Gasteiger partial charge in [0.05, 0.1) is 10.5 Å². The number of nitro benzene ring substituents is 1. The zero-order chi connectivity index (χ0) is 11.4. The Bertz CT molecular complexity index is 443. The Kier molecular flexibility index (Phi) is 3.12. The fourth-order valence-electron chi connectivity index (χ4n) is 1.03. The fraction of sp³-hybridized carbons (Fsp3) is 0. The van der Waals surface area contributed by atoms with Crippen LogP contribution in [0.15, 0.2) is 24.3 Å². The zero-order valence-corrected chi connectivity index (χ0v) is 7.51. The Morgan fingerprint density at radius 3 is 2.73 bits per heavy atom. The van der Waals surface area contributed by atoms with Crippen molar-refractivity contribution in [2.45, 2.75) is 0 Å². The highest BCUT2D eigenvalue weighted by molar-refractivity contribution is 5.90. The molecule has 0 bridgehead atoms. The minimum Gasteiger partial charge on any atom is -0.366 e. The molecule has 0 spiro atoms.